The number of benzene rings is 3. The lowest BCUT2D eigenvalue weighted by Crippen LogP contribution is -2.50. The Morgan fingerprint density at radius 1 is 1.00 bits per heavy atom. The summed E-state index contributed by atoms with van der Waals surface area (Å²) in [5.74, 6) is -0.873. The molecule has 0 aromatic heterocycles. The topological polar surface area (TPSA) is 86.8 Å². The molecule has 3 aromatic rings. The molecule has 3 aromatic carbocycles. The predicted octanol–water partition coefficient (Wildman–Crippen LogP) is 4.71. The number of sulfonamides is 1. The van der Waals surface area contributed by atoms with Gasteiger partial charge in [-0.25, -0.2) is 8.42 Å². The van der Waals surface area contributed by atoms with Crippen LogP contribution in [0.1, 0.15) is 25.8 Å². The zero-order valence-electron chi connectivity index (χ0n) is 20.4. The molecule has 1 N–H and O–H groups in total. The molecule has 0 saturated heterocycles. The van der Waals surface area contributed by atoms with Gasteiger partial charge in [-0.3, -0.25) is 9.59 Å². The Kier molecular flexibility index (Phi) is 9.35. The molecule has 0 aliphatic carbocycles. The van der Waals surface area contributed by atoms with E-state index < -0.39 is 28.5 Å². The summed E-state index contributed by atoms with van der Waals surface area (Å²) in [6, 6.07) is 16.3. The van der Waals surface area contributed by atoms with Crippen molar-refractivity contribution in [2.24, 2.45) is 0 Å². The zero-order valence-corrected chi connectivity index (χ0v) is 22.7. The number of amides is 2. The van der Waals surface area contributed by atoms with E-state index in [1.165, 1.54) is 18.0 Å². The summed E-state index contributed by atoms with van der Waals surface area (Å²) in [5, 5.41) is 5.26. The molecule has 0 aliphatic rings. The summed E-state index contributed by atoms with van der Waals surface area (Å²) in [7, 11) is -2.62. The first-order chi connectivity index (χ1) is 17.0. The maximum atomic E-state index is 13.4. The van der Waals surface area contributed by atoms with Crippen molar-refractivity contribution >= 4 is 55.8 Å². The lowest BCUT2D eigenvalue weighted by atomic mass is 10.1. The van der Waals surface area contributed by atoms with E-state index >= 15 is 0 Å². The number of nitrogens with zero attached hydrogens (tertiary/aromatic N) is 2. The van der Waals surface area contributed by atoms with Crippen LogP contribution in [0.4, 0.5) is 0 Å². The smallest absolute Gasteiger partial charge is 0.243 e. The van der Waals surface area contributed by atoms with E-state index in [2.05, 4.69) is 5.32 Å². The summed E-state index contributed by atoms with van der Waals surface area (Å²) in [4.78, 5) is 27.5. The van der Waals surface area contributed by atoms with Crippen molar-refractivity contribution < 1.29 is 18.0 Å². The average molecular weight is 551 g/mol. The van der Waals surface area contributed by atoms with Crippen molar-refractivity contribution in [3.05, 3.63) is 76.3 Å². The number of hydrogen-bond acceptors (Lipinski definition) is 4. The van der Waals surface area contributed by atoms with Gasteiger partial charge in [0.15, 0.2) is 0 Å². The molecule has 0 radical (unpaired) electrons. The van der Waals surface area contributed by atoms with Crippen molar-refractivity contribution in [3.8, 4) is 0 Å². The molecule has 36 heavy (non-hydrogen) atoms. The molecule has 0 heterocycles. The highest BCUT2D eigenvalue weighted by Crippen LogP contribution is 2.24. The summed E-state index contributed by atoms with van der Waals surface area (Å²) < 4.78 is 27.5. The first-order valence-electron chi connectivity index (χ1n) is 11.5. The number of fused-ring (bicyclic) bond motifs is 1. The Labute approximate surface area is 222 Å². The minimum absolute atomic E-state index is 0.0133. The SMILES string of the molecule is CCCNC(=O)[C@H](C)N(Cc1ccc(Cl)cc1Cl)C(=O)CN(C)S(=O)(=O)c1ccc2ccccc2c1. The molecule has 192 valence electrons. The Hall–Kier alpha value is -2.65. The van der Waals surface area contributed by atoms with Gasteiger partial charge in [0, 0.05) is 30.2 Å². The fourth-order valence-electron chi connectivity index (χ4n) is 3.69. The van der Waals surface area contributed by atoms with Crippen LogP contribution in [0, 0.1) is 0 Å². The van der Waals surface area contributed by atoms with E-state index in [1.807, 2.05) is 31.2 Å². The Balaban J connectivity index is 1.86. The standard InChI is InChI=1S/C26H29Cl2N3O4S/c1-4-13-29-26(33)18(2)31(16-21-9-11-22(27)15-24(21)28)25(32)17-30(3)36(34,35)23-12-10-19-7-5-6-8-20(19)14-23/h5-12,14-15,18H,4,13,16-17H2,1-3H3,(H,29,33)/t18-/m0/s1. The van der Waals surface area contributed by atoms with E-state index in [1.54, 1.807) is 37.3 Å². The predicted molar refractivity (Wildman–Crippen MR) is 144 cm³/mol. The van der Waals surface area contributed by atoms with Crippen LogP contribution in [0.25, 0.3) is 10.8 Å². The van der Waals surface area contributed by atoms with Crippen LogP contribution in [0.2, 0.25) is 10.0 Å². The summed E-state index contributed by atoms with van der Waals surface area (Å²) in [5.41, 5.74) is 0.588. The number of nitrogens with one attached hydrogen (secondary N) is 1. The molecule has 3 rings (SSSR count). The Bertz CT molecular complexity index is 1360. The van der Waals surface area contributed by atoms with Gasteiger partial charge in [-0.05, 0) is 53.9 Å². The van der Waals surface area contributed by atoms with Gasteiger partial charge in [-0.1, -0.05) is 66.5 Å². The van der Waals surface area contributed by atoms with Gasteiger partial charge in [0.25, 0.3) is 0 Å². The van der Waals surface area contributed by atoms with Crippen LogP contribution >= 0.6 is 23.2 Å². The average Bonchev–Trinajstić information content (AvgIpc) is 2.85. The second-order valence-electron chi connectivity index (χ2n) is 8.49. The van der Waals surface area contributed by atoms with Crippen LogP contribution in [-0.4, -0.2) is 55.6 Å². The van der Waals surface area contributed by atoms with E-state index in [0.717, 1.165) is 21.5 Å². The zero-order chi connectivity index (χ0) is 26.5. The molecule has 0 spiro atoms. The lowest BCUT2D eigenvalue weighted by Gasteiger charge is -2.30. The Morgan fingerprint density at radius 3 is 2.36 bits per heavy atom. The number of hydrogen-bond donors (Lipinski definition) is 1. The molecule has 0 fully saturated rings. The fraction of sp³-hybridized carbons (Fsp3) is 0.308. The maximum Gasteiger partial charge on any atom is 0.243 e. The van der Waals surface area contributed by atoms with Crippen molar-refractivity contribution in [1.82, 2.24) is 14.5 Å². The largest absolute Gasteiger partial charge is 0.354 e. The number of likely N-dealkylation sites (N-methyl/N-ethyl adjacent to an activating group) is 1. The second kappa shape index (κ2) is 12.1. The van der Waals surface area contributed by atoms with Gasteiger partial charge >= 0.3 is 0 Å². The molecule has 0 unspecified atom stereocenters. The molecule has 0 saturated carbocycles. The highest BCUT2D eigenvalue weighted by atomic mass is 35.5. The minimum atomic E-state index is -3.96. The van der Waals surface area contributed by atoms with Gasteiger partial charge in [0.1, 0.15) is 6.04 Å². The molecule has 0 aliphatic heterocycles. The lowest BCUT2D eigenvalue weighted by molar-refractivity contribution is -0.140. The normalized spacial score (nSPS) is 12.5. The molecule has 7 nitrogen and oxygen atoms in total. The fourth-order valence-corrected chi connectivity index (χ4v) is 5.31. The van der Waals surface area contributed by atoms with Crippen LogP contribution < -0.4 is 5.32 Å². The Morgan fingerprint density at radius 2 is 1.69 bits per heavy atom. The van der Waals surface area contributed by atoms with Gasteiger partial charge in [0.2, 0.25) is 21.8 Å². The minimum Gasteiger partial charge on any atom is -0.354 e. The van der Waals surface area contributed by atoms with E-state index in [4.69, 9.17) is 23.2 Å². The highest BCUT2D eigenvalue weighted by molar-refractivity contribution is 7.89. The number of carbonyl (C=O) groups excluding carboxylic acids is 2. The van der Waals surface area contributed by atoms with Crippen LogP contribution in [0.15, 0.2) is 65.6 Å². The van der Waals surface area contributed by atoms with Gasteiger partial charge in [-0.2, -0.15) is 4.31 Å². The van der Waals surface area contributed by atoms with Crippen molar-refractivity contribution in [2.45, 2.75) is 37.8 Å². The van der Waals surface area contributed by atoms with Crippen LogP contribution in [0.3, 0.4) is 0 Å². The quantitative estimate of drug-likeness (QED) is 0.396. The summed E-state index contributed by atoms with van der Waals surface area (Å²) in [6.07, 6.45) is 0.738. The third-order valence-corrected chi connectivity index (χ3v) is 8.25. The number of halogens is 2. The van der Waals surface area contributed by atoms with Crippen LogP contribution in [-0.2, 0) is 26.2 Å². The number of carbonyl (C=O) groups is 2. The molecule has 2 amide bonds. The van der Waals surface area contributed by atoms with Gasteiger partial charge in [-0.15, -0.1) is 0 Å². The van der Waals surface area contributed by atoms with Crippen molar-refractivity contribution in [1.29, 1.82) is 0 Å². The number of rotatable bonds is 10. The monoisotopic (exact) mass is 549 g/mol. The second-order valence-corrected chi connectivity index (χ2v) is 11.4. The molecular formula is C26H29Cl2N3O4S. The van der Waals surface area contributed by atoms with E-state index in [9.17, 15) is 18.0 Å². The third-order valence-electron chi connectivity index (χ3n) is 5.86. The first kappa shape index (κ1) is 27.9. The molecule has 10 heteroatoms. The first-order valence-corrected chi connectivity index (χ1v) is 13.7. The molecule has 0 bridgehead atoms. The third kappa shape index (κ3) is 6.56. The van der Waals surface area contributed by atoms with E-state index in [-0.39, 0.29) is 17.3 Å². The van der Waals surface area contributed by atoms with Crippen LogP contribution in [0.5, 0.6) is 0 Å². The van der Waals surface area contributed by atoms with Crippen molar-refractivity contribution in [2.75, 3.05) is 20.1 Å². The molecule has 1 atom stereocenters. The van der Waals surface area contributed by atoms with E-state index in [0.29, 0.717) is 22.2 Å². The highest BCUT2D eigenvalue weighted by Gasteiger charge is 2.30. The van der Waals surface area contributed by atoms with Crippen molar-refractivity contribution in [3.63, 3.8) is 0 Å². The molecular weight excluding hydrogens is 521 g/mol. The van der Waals surface area contributed by atoms with Gasteiger partial charge < -0.3 is 10.2 Å². The summed E-state index contributed by atoms with van der Waals surface area (Å²) >= 11 is 12.3. The summed E-state index contributed by atoms with van der Waals surface area (Å²) in [6.45, 7) is 3.55. The maximum absolute atomic E-state index is 13.4. The van der Waals surface area contributed by atoms with Gasteiger partial charge in [0.05, 0.1) is 11.4 Å².